The largest absolute Gasteiger partial charge is 0.466 e. The summed E-state index contributed by atoms with van der Waals surface area (Å²) in [5.74, 6) is -0.150. The maximum Gasteiger partial charge on any atom is 0.310 e. The van der Waals surface area contributed by atoms with Crippen molar-refractivity contribution in [1.29, 1.82) is 0 Å². The highest BCUT2D eigenvalue weighted by molar-refractivity contribution is 5.72. The summed E-state index contributed by atoms with van der Waals surface area (Å²) in [7, 11) is 0. The van der Waals surface area contributed by atoms with E-state index in [0.717, 1.165) is 32.2 Å². The first-order valence-electron chi connectivity index (χ1n) is 7.82. The standard InChI is InChI=1S/C15H29NO4/c1-3-5-9-19-12-14(17)11-16-8-6-7-13(10-16)15(18)20-4-2/h13-14,17H,3-12H2,1-2H3. The molecular formula is C15H29NO4. The number of hydrogen-bond acceptors (Lipinski definition) is 5. The van der Waals surface area contributed by atoms with Crippen molar-refractivity contribution in [3.8, 4) is 0 Å². The summed E-state index contributed by atoms with van der Waals surface area (Å²) < 4.78 is 10.5. The molecule has 1 saturated heterocycles. The molecule has 2 atom stereocenters. The van der Waals surface area contributed by atoms with Crippen LogP contribution in [0.1, 0.15) is 39.5 Å². The van der Waals surface area contributed by atoms with Gasteiger partial charge >= 0.3 is 5.97 Å². The minimum atomic E-state index is -0.479. The molecule has 2 unspecified atom stereocenters. The Morgan fingerprint density at radius 2 is 2.25 bits per heavy atom. The van der Waals surface area contributed by atoms with Gasteiger partial charge < -0.3 is 14.6 Å². The smallest absolute Gasteiger partial charge is 0.310 e. The Morgan fingerprint density at radius 3 is 2.95 bits per heavy atom. The van der Waals surface area contributed by atoms with E-state index in [4.69, 9.17) is 9.47 Å². The van der Waals surface area contributed by atoms with Crippen LogP contribution >= 0.6 is 0 Å². The lowest BCUT2D eigenvalue weighted by atomic mass is 9.98. The van der Waals surface area contributed by atoms with E-state index in [1.54, 1.807) is 0 Å². The summed E-state index contributed by atoms with van der Waals surface area (Å²) in [5, 5.41) is 9.95. The number of aliphatic hydroxyl groups is 1. The van der Waals surface area contributed by atoms with Crippen LogP contribution < -0.4 is 0 Å². The van der Waals surface area contributed by atoms with Crippen LogP contribution in [0.3, 0.4) is 0 Å². The second-order valence-electron chi connectivity index (χ2n) is 5.43. The van der Waals surface area contributed by atoms with Crippen LogP contribution in [0.5, 0.6) is 0 Å². The van der Waals surface area contributed by atoms with Crippen LogP contribution in [-0.2, 0) is 14.3 Å². The van der Waals surface area contributed by atoms with Gasteiger partial charge in [0.05, 0.1) is 25.2 Å². The van der Waals surface area contributed by atoms with E-state index >= 15 is 0 Å². The minimum Gasteiger partial charge on any atom is -0.466 e. The molecule has 0 aromatic heterocycles. The number of nitrogens with zero attached hydrogens (tertiary/aromatic N) is 1. The monoisotopic (exact) mass is 287 g/mol. The van der Waals surface area contributed by atoms with Crippen LogP contribution in [0, 0.1) is 5.92 Å². The summed E-state index contributed by atoms with van der Waals surface area (Å²) in [6.45, 7) is 7.65. The van der Waals surface area contributed by atoms with Gasteiger partial charge in [0.25, 0.3) is 0 Å². The van der Waals surface area contributed by atoms with Crippen LogP contribution in [0.2, 0.25) is 0 Å². The van der Waals surface area contributed by atoms with Gasteiger partial charge in [-0.15, -0.1) is 0 Å². The Bertz CT molecular complexity index is 273. The number of β-amino-alcohol motifs (C(OH)–C–C–N with tert-alkyl or cyclic N) is 1. The van der Waals surface area contributed by atoms with E-state index in [1.165, 1.54) is 0 Å². The van der Waals surface area contributed by atoms with Crippen LogP contribution in [0.25, 0.3) is 0 Å². The third-order valence-corrected chi connectivity index (χ3v) is 3.55. The van der Waals surface area contributed by atoms with E-state index in [2.05, 4.69) is 11.8 Å². The molecule has 0 radical (unpaired) electrons. The fraction of sp³-hybridized carbons (Fsp3) is 0.933. The average Bonchev–Trinajstić information content (AvgIpc) is 2.44. The lowest BCUT2D eigenvalue weighted by Gasteiger charge is -2.32. The first-order valence-corrected chi connectivity index (χ1v) is 7.82. The Hall–Kier alpha value is -0.650. The van der Waals surface area contributed by atoms with Gasteiger partial charge in [0.15, 0.2) is 0 Å². The summed E-state index contributed by atoms with van der Waals surface area (Å²) in [4.78, 5) is 13.9. The van der Waals surface area contributed by atoms with Gasteiger partial charge in [-0.3, -0.25) is 9.69 Å². The lowest BCUT2D eigenvalue weighted by molar-refractivity contribution is -0.150. The van der Waals surface area contributed by atoms with Crippen molar-refractivity contribution in [1.82, 2.24) is 4.90 Å². The number of carbonyl (C=O) groups is 1. The molecule has 1 aliphatic heterocycles. The average molecular weight is 287 g/mol. The van der Waals surface area contributed by atoms with Crippen LogP contribution in [-0.4, -0.2) is 61.5 Å². The van der Waals surface area contributed by atoms with E-state index in [0.29, 0.717) is 32.9 Å². The molecule has 0 saturated carbocycles. The maximum absolute atomic E-state index is 11.7. The zero-order valence-corrected chi connectivity index (χ0v) is 12.8. The second-order valence-corrected chi connectivity index (χ2v) is 5.43. The molecule has 1 heterocycles. The molecule has 1 N–H and O–H groups in total. The molecule has 1 fully saturated rings. The van der Waals surface area contributed by atoms with Gasteiger partial charge in [0, 0.05) is 19.7 Å². The molecule has 5 heteroatoms. The van der Waals surface area contributed by atoms with E-state index in [1.807, 2.05) is 6.92 Å². The molecule has 0 spiro atoms. The predicted octanol–water partition coefficient (Wildman–Crippen LogP) is 1.44. The number of aliphatic hydroxyl groups excluding tert-OH is 1. The Labute approximate surface area is 122 Å². The van der Waals surface area contributed by atoms with Gasteiger partial charge in [-0.1, -0.05) is 13.3 Å². The molecule has 0 bridgehead atoms. The Kier molecular flexibility index (Phi) is 8.82. The molecule has 0 amide bonds. The molecule has 0 aliphatic carbocycles. The molecule has 5 nitrogen and oxygen atoms in total. The lowest BCUT2D eigenvalue weighted by Crippen LogP contribution is -2.43. The number of ether oxygens (including phenoxy) is 2. The summed E-state index contributed by atoms with van der Waals surface area (Å²) in [5.41, 5.74) is 0. The molecule has 0 aromatic rings. The summed E-state index contributed by atoms with van der Waals surface area (Å²) >= 11 is 0. The highest BCUT2D eigenvalue weighted by Crippen LogP contribution is 2.18. The molecule has 1 aliphatic rings. The minimum absolute atomic E-state index is 0.0445. The number of likely N-dealkylation sites (tertiary alicyclic amines) is 1. The quantitative estimate of drug-likeness (QED) is 0.513. The first-order chi connectivity index (χ1) is 9.67. The number of piperidine rings is 1. The molecule has 0 aromatic carbocycles. The van der Waals surface area contributed by atoms with Crippen molar-refractivity contribution in [3.05, 3.63) is 0 Å². The van der Waals surface area contributed by atoms with Gasteiger partial charge in [0.2, 0.25) is 0 Å². The Morgan fingerprint density at radius 1 is 1.45 bits per heavy atom. The first kappa shape index (κ1) is 17.4. The van der Waals surface area contributed by atoms with Crippen molar-refractivity contribution in [3.63, 3.8) is 0 Å². The number of esters is 1. The van der Waals surface area contributed by atoms with E-state index < -0.39 is 6.10 Å². The maximum atomic E-state index is 11.7. The highest BCUT2D eigenvalue weighted by atomic mass is 16.5. The molecule has 20 heavy (non-hydrogen) atoms. The summed E-state index contributed by atoms with van der Waals surface area (Å²) in [6, 6.07) is 0. The van der Waals surface area contributed by atoms with E-state index in [-0.39, 0.29) is 11.9 Å². The third-order valence-electron chi connectivity index (χ3n) is 3.55. The molecular weight excluding hydrogens is 258 g/mol. The van der Waals surface area contributed by atoms with Gasteiger partial charge in [-0.2, -0.15) is 0 Å². The van der Waals surface area contributed by atoms with E-state index in [9.17, 15) is 9.90 Å². The summed E-state index contributed by atoms with van der Waals surface area (Å²) in [6.07, 6.45) is 3.52. The van der Waals surface area contributed by atoms with Crippen molar-refractivity contribution in [2.75, 3.05) is 39.5 Å². The fourth-order valence-corrected chi connectivity index (χ4v) is 2.49. The number of hydrogen-bond donors (Lipinski definition) is 1. The van der Waals surface area contributed by atoms with Gasteiger partial charge in [-0.05, 0) is 32.7 Å². The normalized spacial score (nSPS) is 21.6. The number of unbranched alkanes of at least 4 members (excludes halogenated alkanes) is 1. The third kappa shape index (κ3) is 6.68. The highest BCUT2D eigenvalue weighted by Gasteiger charge is 2.27. The van der Waals surface area contributed by atoms with Crippen molar-refractivity contribution < 1.29 is 19.4 Å². The SMILES string of the molecule is CCCCOCC(O)CN1CCCC(C(=O)OCC)C1. The van der Waals surface area contributed by atoms with Crippen molar-refractivity contribution in [2.45, 2.75) is 45.6 Å². The van der Waals surface area contributed by atoms with Crippen molar-refractivity contribution >= 4 is 5.97 Å². The zero-order chi connectivity index (χ0) is 14.8. The predicted molar refractivity (Wildman–Crippen MR) is 77.5 cm³/mol. The molecule has 1 rings (SSSR count). The van der Waals surface area contributed by atoms with Gasteiger partial charge in [-0.25, -0.2) is 0 Å². The van der Waals surface area contributed by atoms with Crippen molar-refractivity contribution in [2.24, 2.45) is 5.92 Å². The van der Waals surface area contributed by atoms with Crippen LogP contribution in [0.4, 0.5) is 0 Å². The number of rotatable bonds is 9. The zero-order valence-electron chi connectivity index (χ0n) is 12.8. The van der Waals surface area contributed by atoms with Crippen LogP contribution in [0.15, 0.2) is 0 Å². The Balaban J connectivity index is 2.23. The topological polar surface area (TPSA) is 59.0 Å². The second kappa shape index (κ2) is 10.1. The van der Waals surface area contributed by atoms with Gasteiger partial charge in [0.1, 0.15) is 0 Å². The molecule has 118 valence electrons. The number of carbonyl (C=O) groups excluding carboxylic acids is 1. The fourth-order valence-electron chi connectivity index (χ4n) is 2.49.